The first kappa shape index (κ1) is 27.6. The molecule has 0 saturated carbocycles. The van der Waals surface area contributed by atoms with Crippen molar-refractivity contribution in [2.45, 2.75) is 45.9 Å². The third-order valence-corrected chi connectivity index (χ3v) is 4.95. The van der Waals surface area contributed by atoms with Crippen LogP contribution in [0.2, 0.25) is 0 Å². The second kappa shape index (κ2) is 13.9. The largest absolute Gasteiger partial charge is 0.493 e. The van der Waals surface area contributed by atoms with Gasteiger partial charge in [0.15, 0.2) is 5.96 Å². The Morgan fingerprint density at radius 1 is 1.26 bits per heavy atom. The molecular weight excluding hydrogens is 521 g/mol. The zero-order chi connectivity index (χ0) is 22.0. The van der Waals surface area contributed by atoms with Crippen LogP contribution in [0.3, 0.4) is 0 Å². The number of halogens is 3. The summed E-state index contributed by atoms with van der Waals surface area (Å²) < 4.78 is 41.3. The Kier molecular flexibility index (Phi) is 12.4. The van der Waals surface area contributed by atoms with E-state index in [1.165, 1.54) is 6.07 Å². The van der Waals surface area contributed by atoms with Gasteiger partial charge in [-0.15, -0.1) is 24.0 Å². The average molecular weight is 556 g/mol. The van der Waals surface area contributed by atoms with Crippen molar-refractivity contribution >= 4 is 29.9 Å². The molecule has 2 rings (SSSR count). The maximum Gasteiger partial charge on any atom is 0.387 e. The lowest BCUT2D eigenvalue weighted by Gasteiger charge is -2.41. The maximum absolute atomic E-state index is 12.8. The molecule has 1 fully saturated rings. The highest BCUT2D eigenvalue weighted by Crippen LogP contribution is 2.26. The van der Waals surface area contributed by atoms with Gasteiger partial charge >= 0.3 is 6.61 Å². The molecule has 10 heteroatoms. The molecule has 0 radical (unpaired) electrons. The lowest BCUT2D eigenvalue weighted by atomic mass is 10.0. The van der Waals surface area contributed by atoms with E-state index in [4.69, 9.17) is 14.2 Å². The van der Waals surface area contributed by atoms with Crippen molar-refractivity contribution in [3.8, 4) is 11.5 Å². The zero-order valence-corrected chi connectivity index (χ0v) is 21.1. The van der Waals surface area contributed by atoms with E-state index in [1.807, 2.05) is 6.92 Å². The second-order valence-corrected chi connectivity index (χ2v) is 7.69. The number of benzene rings is 1. The molecule has 0 aliphatic carbocycles. The molecule has 1 aromatic rings. The smallest absolute Gasteiger partial charge is 0.387 e. The summed E-state index contributed by atoms with van der Waals surface area (Å²) in [5.41, 5.74) is 0.512. The summed E-state index contributed by atoms with van der Waals surface area (Å²) >= 11 is 0. The SMILES string of the molecule is CCCOc1ccc(CNC(=NC)NCC(C)(C)N2CCOCC2)c(OC(F)F)c1.I. The third kappa shape index (κ3) is 9.32. The molecule has 0 aromatic heterocycles. The van der Waals surface area contributed by atoms with Crippen LogP contribution < -0.4 is 20.1 Å². The van der Waals surface area contributed by atoms with Gasteiger partial charge in [-0.25, -0.2) is 0 Å². The summed E-state index contributed by atoms with van der Waals surface area (Å²) in [5, 5.41) is 6.49. The molecule has 0 unspecified atom stereocenters. The minimum Gasteiger partial charge on any atom is -0.493 e. The van der Waals surface area contributed by atoms with Crippen LogP contribution in [-0.2, 0) is 11.3 Å². The molecule has 0 bridgehead atoms. The number of ether oxygens (including phenoxy) is 3. The fourth-order valence-electron chi connectivity index (χ4n) is 3.18. The fraction of sp³-hybridized carbons (Fsp3) is 0.667. The number of rotatable bonds is 10. The Hall–Kier alpha value is -1.40. The summed E-state index contributed by atoms with van der Waals surface area (Å²) in [6.07, 6.45) is 0.830. The van der Waals surface area contributed by atoms with Gasteiger partial charge in [0.25, 0.3) is 0 Å². The first-order valence-corrected chi connectivity index (χ1v) is 10.3. The molecule has 178 valence electrons. The van der Waals surface area contributed by atoms with Crippen molar-refractivity contribution in [3.63, 3.8) is 0 Å². The van der Waals surface area contributed by atoms with Gasteiger partial charge in [0.05, 0.1) is 19.8 Å². The fourth-order valence-corrected chi connectivity index (χ4v) is 3.18. The number of nitrogens with zero attached hydrogens (tertiary/aromatic N) is 2. The third-order valence-electron chi connectivity index (χ3n) is 4.95. The monoisotopic (exact) mass is 556 g/mol. The quantitative estimate of drug-likeness (QED) is 0.262. The van der Waals surface area contributed by atoms with Crippen molar-refractivity contribution in [2.24, 2.45) is 4.99 Å². The van der Waals surface area contributed by atoms with Crippen LogP contribution in [0, 0.1) is 0 Å². The van der Waals surface area contributed by atoms with Crippen molar-refractivity contribution in [1.82, 2.24) is 15.5 Å². The van der Waals surface area contributed by atoms with E-state index < -0.39 is 6.61 Å². The summed E-state index contributed by atoms with van der Waals surface area (Å²) in [7, 11) is 1.68. The van der Waals surface area contributed by atoms with E-state index in [2.05, 4.69) is 34.4 Å². The van der Waals surface area contributed by atoms with E-state index in [9.17, 15) is 8.78 Å². The van der Waals surface area contributed by atoms with Gasteiger partial charge in [0.1, 0.15) is 11.5 Å². The standard InChI is InChI=1S/C21H34F2N4O3.HI/c1-5-10-29-17-7-6-16(18(13-17)30-19(22)23)14-25-20(24-4)26-15-21(2,3)27-8-11-28-12-9-27;/h6-7,13,19H,5,8-12,14-15H2,1-4H3,(H2,24,25,26);1H. The van der Waals surface area contributed by atoms with Gasteiger partial charge in [0.2, 0.25) is 0 Å². The second-order valence-electron chi connectivity index (χ2n) is 7.69. The number of morpholine rings is 1. The highest BCUT2D eigenvalue weighted by Gasteiger charge is 2.28. The van der Waals surface area contributed by atoms with Crippen LogP contribution in [0.5, 0.6) is 11.5 Å². The Labute approximate surface area is 200 Å². The van der Waals surface area contributed by atoms with Crippen LogP contribution in [-0.4, -0.2) is 69.5 Å². The summed E-state index contributed by atoms with van der Waals surface area (Å²) in [6, 6.07) is 4.97. The molecule has 0 amide bonds. The number of alkyl halides is 2. The Bertz CT molecular complexity index is 687. The molecule has 31 heavy (non-hydrogen) atoms. The first-order valence-electron chi connectivity index (χ1n) is 10.3. The van der Waals surface area contributed by atoms with E-state index in [0.29, 0.717) is 30.4 Å². The van der Waals surface area contributed by atoms with Gasteiger partial charge in [0, 0.05) is 50.4 Å². The maximum atomic E-state index is 12.8. The van der Waals surface area contributed by atoms with Crippen molar-refractivity contribution in [3.05, 3.63) is 23.8 Å². The van der Waals surface area contributed by atoms with E-state index >= 15 is 0 Å². The number of guanidine groups is 1. The molecule has 0 spiro atoms. The molecule has 1 aromatic carbocycles. The van der Waals surface area contributed by atoms with Gasteiger partial charge in [-0.2, -0.15) is 8.78 Å². The predicted octanol–water partition coefficient (Wildman–Crippen LogP) is 3.47. The molecule has 1 heterocycles. The summed E-state index contributed by atoms with van der Waals surface area (Å²) in [6.45, 7) is 8.15. The van der Waals surface area contributed by atoms with Crippen molar-refractivity contribution in [1.29, 1.82) is 0 Å². The van der Waals surface area contributed by atoms with E-state index in [-0.39, 0.29) is 41.8 Å². The van der Waals surface area contributed by atoms with Crippen molar-refractivity contribution in [2.75, 3.05) is 46.5 Å². The molecule has 7 nitrogen and oxygen atoms in total. The molecule has 2 N–H and O–H groups in total. The van der Waals surface area contributed by atoms with Crippen LogP contribution in [0.4, 0.5) is 8.78 Å². The van der Waals surface area contributed by atoms with E-state index in [0.717, 1.165) is 32.7 Å². The van der Waals surface area contributed by atoms with E-state index in [1.54, 1.807) is 19.2 Å². The van der Waals surface area contributed by atoms with Crippen LogP contribution in [0.1, 0.15) is 32.8 Å². The number of nitrogens with one attached hydrogen (secondary N) is 2. The molecular formula is C21H35F2IN4O3. The minimum atomic E-state index is -2.91. The molecule has 1 aliphatic rings. The molecule has 1 aliphatic heterocycles. The van der Waals surface area contributed by atoms with Gasteiger partial charge < -0.3 is 24.8 Å². The highest BCUT2D eigenvalue weighted by molar-refractivity contribution is 14.0. The highest BCUT2D eigenvalue weighted by atomic mass is 127. The number of hydrogen-bond donors (Lipinski definition) is 2. The van der Waals surface area contributed by atoms with Gasteiger partial charge in [-0.1, -0.05) is 6.92 Å². The Morgan fingerprint density at radius 3 is 2.58 bits per heavy atom. The number of aliphatic imine (C=N–C) groups is 1. The molecule has 0 atom stereocenters. The van der Waals surface area contributed by atoms with Gasteiger partial charge in [-0.3, -0.25) is 9.89 Å². The number of hydrogen-bond acceptors (Lipinski definition) is 5. The predicted molar refractivity (Wildman–Crippen MR) is 129 cm³/mol. The topological polar surface area (TPSA) is 67.4 Å². The van der Waals surface area contributed by atoms with Crippen LogP contribution in [0.15, 0.2) is 23.2 Å². The average Bonchev–Trinajstić information content (AvgIpc) is 2.73. The summed E-state index contributed by atoms with van der Waals surface area (Å²) in [5.74, 6) is 1.19. The minimum absolute atomic E-state index is 0. The van der Waals surface area contributed by atoms with Gasteiger partial charge in [-0.05, 0) is 32.4 Å². The Balaban J connectivity index is 0.00000480. The summed E-state index contributed by atoms with van der Waals surface area (Å²) in [4.78, 5) is 6.61. The molecule has 1 saturated heterocycles. The lowest BCUT2D eigenvalue weighted by molar-refractivity contribution is -0.0505. The zero-order valence-electron chi connectivity index (χ0n) is 18.7. The first-order chi connectivity index (χ1) is 14.4. The van der Waals surface area contributed by atoms with Crippen molar-refractivity contribution < 1.29 is 23.0 Å². The Morgan fingerprint density at radius 2 is 1.97 bits per heavy atom. The lowest BCUT2D eigenvalue weighted by Crippen LogP contribution is -2.56. The van der Waals surface area contributed by atoms with Crippen LogP contribution >= 0.6 is 24.0 Å². The normalized spacial score (nSPS) is 15.4. The van der Waals surface area contributed by atoms with Crippen LogP contribution in [0.25, 0.3) is 0 Å².